The first-order valence-corrected chi connectivity index (χ1v) is 7.75. The van der Waals surface area contributed by atoms with Crippen molar-refractivity contribution in [2.75, 3.05) is 10.6 Å². The van der Waals surface area contributed by atoms with E-state index in [-0.39, 0.29) is 5.69 Å². The summed E-state index contributed by atoms with van der Waals surface area (Å²) < 4.78 is 5.14. The zero-order valence-electron chi connectivity index (χ0n) is 11.7. The molecule has 7 nitrogen and oxygen atoms in total. The van der Waals surface area contributed by atoms with Gasteiger partial charge in [0.2, 0.25) is 0 Å². The second kappa shape index (κ2) is 6.19. The average molecular weight is 326 g/mol. The van der Waals surface area contributed by atoms with E-state index < -0.39 is 17.6 Å². The van der Waals surface area contributed by atoms with Crippen molar-refractivity contribution in [2.45, 2.75) is 26.4 Å². The zero-order valence-corrected chi connectivity index (χ0v) is 13.3. The fourth-order valence-corrected chi connectivity index (χ4v) is 2.52. The molecule has 0 radical (unpaired) electrons. The molecule has 2 aromatic rings. The molecule has 0 aliphatic rings. The minimum Gasteiger partial charge on any atom is -0.444 e. The van der Waals surface area contributed by atoms with Crippen molar-refractivity contribution < 1.29 is 14.3 Å². The lowest BCUT2D eigenvalue weighted by molar-refractivity contribution is 0.0636. The van der Waals surface area contributed by atoms with E-state index in [9.17, 15) is 9.59 Å². The van der Waals surface area contributed by atoms with E-state index in [4.69, 9.17) is 4.74 Å². The van der Waals surface area contributed by atoms with Gasteiger partial charge in [-0.25, -0.2) is 14.8 Å². The summed E-state index contributed by atoms with van der Waals surface area (Å²) in [5.74, 6) is -0.433. The number of aromatic nitrogens is 2. The fraction of sp³-hybridized carbons (Fsp3) is 0.333. The summed E-state index contributed by atoms with van der Waals surface area (Å²) >= 11 is 2.44. The summed E-state index contributed by atoms with van der Waals surface area (Å²) in [5, 5.41) is 7.68. The molecule has 2 rings (SSSR count). The highest BCUT2D eigenvalue weighted by molar-refractivity contribution is 7.14. The molecule has 0 fully saturated rings. The number of carbonyl (C=O) groups is 2. The number of hydrogen-bond acceptors (Lipinski definition) is 7. The number of amides is 2. The Kier molecular flexibility index (Phi) is 4.53. The lowest BCUT2D eigenvalue weighted by Gasteiger charge is -2.19. The minimum absolute atomic E-state index is 0.126. The molecule has 9 heteroatoms. The number of hydrogen-bond donors (Lipinski definition) is 2. The van der Waals surface area contributed by atoms with Crippen LogP contribution < -0.4 is 10.6 Å². The Morgan fingerprint density at radius 3 is 2.57 bits per heavy atom. The van der Waals surface area contributed by atoms with Gasteiger partial charge in [0, 0.05) is 11.6 Å². The third kappa shape index (κ3) is 4.50. The van der Waals surface area contributed by atoms with E-state index in [1.807, 2.05) is 0 Å². The SMILES string of the molecule is CC(C)(C)OC(=O)Nc1scnc1C(=O)Nc1nccs1. The minimum atomic E-state index is -0.630. The van der Waals surface area contributed by atoms with Gasteiger partial charge in [-0.05, 0) is 20.8 Å². The molecule has 0 atom stereocenters. The van der Waals surface area contributed by atoms with Crippen molar-refractivity contribution >= 4 is 44.8 Å². The fourth-order valence-electron chi connectivity index (χ4n) is 1.33. The largest absolute Gasteiger partial charge is 0.444 e. The summed E-state index contributed by atoms with van der Waals surface area (Å²) in [5.41, 5.74) is 0.989. The van der Waals surface area contributed by atoms with Gasteiger partial charge in [0.25, 0.3) is 5.91 Å². The Balaban J connectivity index is 2.04. The molecular weight excluding hydrogens is 312 g/mol. The molecule has 2 amide bonds. The third-order valence-electron chi connectivity index (χ3n) is 2.05. The summed E-state index contributed by atoms with van der Waals surface area (Å²) in [6.45, 7) is 5.28. The molecule has 112 valence electrons. The monoisotopic (exact) mass is 326 g/mol. The summed E-state index contributed by atoms with van der Waals surface area (Å²) in [6, 6.07) is 0. The van der Waals surface area contributed by atoms with Gasteiger partial charge in [-0.15, -0.1) is 22.7 Å². The van der Waals surface area contributed by atoms with Gasteiger partial charge in [0.05, 0.1) is 5.51 Å². The van der Waals surface area contributed by atoms with Crippen LogP contribution in [0.3, 0.4) is 0 Å². The first kappa shape index (κ1) is 15.4. The van der Waals surface area contributed by atoms with Crippen molar-refractivity contribution in [3.8, 4) is 0 Å². The van der Waals surface area contributed by atoms with Crippen LogP contribution in [0.1, 0.15) is 31.3 Å². The molecule has 0 bridgehead atoms. The highest BCUT2D eigenvalue weighted by atomic mass is 32.1. The smallest absolute Gasteiger partial charge is 0.412 e. The first-order valence-electron chi connectivity index (χ1n) is 5.99. The maximum absolute atomic E-state index is 12.1. The van der Waals surface area contributed by atoms with Crippen molar-refractivity contribution in [3.05, 3.63) is 22.8 Å². The lowest BCUT2D eigenvalue weighted by atomic mass is 10.2. The van der Waals surface area contributed by atoms with Crippen molar-refractivity contribution in [1.29, 1.82) is 0 Å². The summed E-state index contributed by atoms with van der Waals surface area (Å²) in [7, 11) is 0. The highest BCUT2D eigenvalue weighted by Gasteiger charge is 2.21. The molecule has 0 spiro atoms. The topological polar surface area (TPSA) is 93.2 Å². The van der Waals surface area contributed by atoms with Crippen LogP contribution in [0, 0.1) is 0 Å². The highest BCUT2D eigenvalue weighted by Crippen LogP contribution is 2.23. The van der Waals surface area contributed by atoms with Crippen molar-refractivity contribution in [2.24, 2.45) is 0 Å². The van der Waals surface area contributed by atoms with Crippen LogP contribution >= 0.6 is 22.7 Å². The molecule has 2 aromatic heterocycles. The Morgan fingerprint density at radius 1 is 1.19 bits per heavy atom. The number of anilines is 2. The molecule has 2 heterocycles. The van der Waals surface area contributed by atoms with Gasteiger partial charge in [0.15, 0.2) is 10.8 Å². The Morgan fingerprint density at radius 2 is 1.95 bits per heavy atom. The Labute approximate surface area is 129 Å². The molecule has 2 N–H and O–H groups in total. The van der Waals surface area contributed by atoms with E-state index in [0.29, 0.717) is 10.1 Å². The maximum atomic E-state index is 12.1. The molecule has 0 aromatic carbocycles. The van der Waals surface area contributed by atoms with Gasteiger partial charge in [-0.1, -0.05) is 0 Å². The van der Waals surface area contributed by atoms with Gasteiger partial charge in [0.1, 0.15) is 10.6 Å². The Hall–Kier alpha value is -2.00. The van der Waals surface area contributed by atoms with Crippen LogP contribution in [0.2, 0.25) is 0 Å². The second-order valence-electron chi connectivity index (χ2n) is 4.95. The van der Waals surface area contributed by atoms with Gasteiger partial charge in [-0.2, -0.15) is 0 Å². The van der Waals surface area contributed by atoms with E-state index >= 15 is 0 Å². The number of ether oxygens (including phenoxy) is 1. The predicted molar refractivity (Wildman–Crippen MR) is 82.0 cm³/mol. The summed E-state index contributed by atoms with van der Waals surface area (Å²) in [6.07, 6.45) is 0.955. The van der Waals surface area contributed by atoms with Crippen molar-refractivity contribution in [3.63, 3.8) is 0 Å². The number of carbonyl (C=O) groups excluding carboxylic acids is 2. The van der Waals surface area contributed by atoms with Crippen molar-refractivity contribution in [1.82, 2.24) is 9.97 Å². The standard InChI is InChI=1S/C12H14N4O3S2/c1-12(2,3)19-11(18)16-9-7(14-6-21-9)8(17)15-10-13-4-5-20-10/h4-6H,1-3H3,(H,16,18)(H,13,15,17). The van der Waals surface area contributed by atoms with Gasteiger partial charge >= 0.3 is 6.09 Å². The molecule has 0 unspecified atom stereocenters. The van der Waals surface area contributed by atoms with Crippen LogP contribution in [-0.2, 0) is 4.74 Å². The molecule has 0 aliphatic carbocycles. The first-order chi connectivity index (χ1) is 9.85. The van der Waals surface area contributed by atoms with Gasteiger partial charge < -0.3 is 4.74 Å². The van der Waals surface area contributed by atoms with Gasteiger partial charge in [-0.3, -0.25) is 15.4 Å². The molecular formula is C12H14N4O3S2. The quantitative estimate of drug-likeness (QED) is 0.903. The molecule has 0 saturated carbocycles. The molecule has 0 aliphatic heterocycles. The molecule has 0 saturated heterocycles. The number of nitrogens with one attached hydrogen (secondary N) is 2. The van der Waals surface area contributed by atoms with Crippen LogP contribution in [-0.4, -0.2) is 27.6 Å². The number of thiazole rings is 2. The van der Waals surface area contributed by atoms with Crippen LogP contribution in [0.15, 0.2) is 17.1 Å². The maximum Gasteiger partial charge on any atom is 0.412 e. The predicted octanol–water partition coefficient (Wildman–Crippen LogP) is 3.20. The van der Waals surface area contributed by atoms with E-state index in [0.717, 1.165) is 11.3 Å². The van der Waals surface area contributed by atoms with Crippen LogP contribution in [0.5, 0.6) is 0 Å². The molecule has 21 heavy (non-hydrogen) atoms. The zero-order chi connectivity index (χ0) is 15.5. The normalized spacial score (nSPS) is 11.0. The second-order valence-corrected chi connectivity index (χ2v) is 6.70. The van der Waals surface area contributed by atoms with Crippen LogP contribution in [0.25, 0.3) is 0 Å². The summed E-state index contributed by atoms with van der Waals surface area (Å²) in [4.78, 5) is 31.7. The number of nitrogens with zero attached hydrogens (tertiary/aromatic N) is 2. The van der Waals surface area contributed by atoms with Crippen LogP contribution in [0.4, 0.5) is 14.9 Å². The van der Waals surface area contributed by atoms with E-state index in [2.05, 4.69) is 20.6 Å². The number of rotatable bonds is 3. The van der Waals surface area contributed by atoms with E-state index in [1.54, 1.807) is 32.3 Å². The Bertz CT molecular complexity index is 631. The average Bonchev–Trinajstić information content (AvgIpc) is 2.97. The lowest BCUT2D eigenvalue weighted by Crippen LogP contribution is -2.27. The third-order valence-corrected chi connectivity index (χ3v) is 3.48. The van der Waals surface area contributed by atoms with E-state index in [1.165, 1.54) is 16.8 Å².